The predicted octanol–water partition coefficient (Wildman–Crippen LogP) is 1.06. The van der Waals surface area contributed by atoms with E-state index in [1.165, 1.54) is 16.8 Å². The highest BCUT2D eigenvalue weighted by Crippen LogP contribution is 2.28. The SMILES string of the molecule is O=C(O)c1ccnc(=O)n1C1CCCC1. The number of hydrogen-bond acceptors (Lipinski definition) is 3. The summed E-state index contributed by atoms with van der Waals surface area (Å²) < 4.78 is 1.31. The molecule has 1 saturated carbocycles. The minimum Gasteiger partial charge on any atom is -0.477 e. The minimum atomic E-state index is -1.07. The molecule has 2 rings (SSSR count). The fourth-order valence-electron chi connectivity index (χ4n) is 2.11. The van der Waals surface area contributed by atoms with Crippen molar-refractivity contribution < 1.29 is 9.90 Å². The van der Waals surface area contributed by atoms with Crippen LogP contribution in [0.1, 0.15) is 42.2 Å². The topological polar surface area (TPSA) is 72.2 Å². The van der Waals surface area contributed by atoms with Gasteiger partial charge in [0.25, 0.3) is 0 Å². The second kappa shape index (κ2) is 3.84. The van der Waals surface area contributed by atoms with Gasteiger partial charge in [-0.2, -0.15) is 0 Å². The van der Waals surface area contributed by atoms with Gasteiger partial charge in [-0.1, -0.05) is 12.8 Å². The third-order valence-corrected chi connectivity index (χ3v) is 2.79. The number of carbonyl (C=O) groups is 1. The zero-order valence-corrected chi connectivity index (χ0v) is 8.22. The van der Waals surface area contributed by atoms with E-state index >= 15 is 0 Å². The van der Waals surface area contributed by atoms with Crippen LogP contribution < -0.4 is 5.69 Å². The zero-order valence-electron chi connectivity index (χ0n) is 8.22. The van der Waals surface area contributed by atoms with Gasteiger partial charge in [-0.3, -0.25) is 4.57 Å². The van der Waals surface area contributed by atoms with Crippen LogP contribution in [0, 0.1) is 0 Å². The highest BCUT2D eigenvalue weighted by Gasteiger charge is 2.22. The molecule has 0 unspecified atom stereocenters. The van der Waals surface area contributed by atoms with E-state index in [0.717, 1.165) is 25.7 Å². The average molecular weight is 208 g/mol. The van der Waals surface area contributed by atoms with Gasteiger partial charge in [0.2, 0.25) is 0 Å². The van der Waals surface area contributed by atoms with Crippen LogP contribution in [0.15, 0.2) is 17.1 Å². The van der Waals surface area contributed by atoms with Gasteiger partial charge in [-0.15, -0.1) is 0 Å². The fourth-order valence-corrected chi connectivity index (χ4v) is 2.11. The highest BCUT2D eigenvalue weighted by molar-refractivity contribution is 5.85. The maximum atomic E-state index is 11.5. The second-order valence-electron chi connectivity index (χ2n) is 3.73. The molecule has 1 N–H and O–H groups in total. The highest BCUT2D eigenvalue weighted by atomic mass is 16.4. The molecular weight excluding hydrogens is 196 g/mol. The summed E-state index contributed by atoms with van der Waals surface area (Å²) >= 11 is 0. The molecule has 0 aliphatic heterocycles. The minimum absolute atomic E-state index is 0.0114. The first-order valence-corrected chi connectivity index (χ1v) is 5.01. The van der Waals surface area contributed by atoms with Crippen molar-refractivity contribution in [2.75, 3.05) is 0 Å². The Bertz CT molecular complexity index is 433. The molecule has 15 heavy (non-hydrogen) atoms. The van der Waals surface area contributed by atoms with Crippen molar-refractivity contribution in [2.45, 2.75) is 31.7 Å². The monoisotopic (exact) mass is 208 g/mol. The molecular formula is C10H12N2O3. The van der Waals surface area contributed by atoms with Gasteiger partial charge in [0.15, 0.2) is 0 Å². The van der Waals surface area contributed by atoms with Crippen LogP contribution in [0.5, 0.6) is 0 Å². The molecule has 0 atom stereocenters. The third kappa shape index (κ3) is 1.77. The Hall–Kier alpha value is -1.65. The molecule has 1 heterocycles. The molecule has 1 fully saturated rings. The van der Waals surface area contributed by atoms with Crippen molar-refractivity contribution in [3.63, 3.8) is 0 Å². The van der Waals surface area contributed by atoms with Gasteiger partial charge in [-0.25, -0.2) is 14.6 Å². The predicted molar refractivity (Wildman–Crippen MR) is 53.0 cm³/mol. The lowest BCUT2D eigenvalue weighted by molar-refractivity contribution is 0.0680. The summed E-state index contributed by atoms with van der Waals surface area (Å²) in [7, 11) is 0. The molecule has 1 aromatic heterocycles. The van der Waals surface area contributed by atoms with Gasteiger partial charge in [0.05, 0.1) is 0 Å². The van der Waals surface area contributed by atoms with Crippen molar-refractivity contribution >= 4 is 5.97 Å². The number of aromatic carboxylic acids is 1. The van der Waals surface area contributed by atoms with E-state index in [9.17, 15) is 9.59 Å². The maximum absolute atomic E-state index is 11.5. The Morgan fingerprint density at radius 1 is 1.47 bits per heavy atom. The smallest absolute Gasteiger partial charge is 0.352 e. The Morgan fingerprint density at radius 2 is 2.13 bits per heavy atom. The largest absolute Gasteiger partial charge is 0.477 e. The number of aromatic nitrogens is 2. The van der Waals surface area contributed by atoms with E-state index in [4.69, 9.17) is 5.11 Å². The van der Waals surface area contributed by atoms with Crippen molar-refractivity contribution in [1.82, 2.24) is 9.55 Å². The zero-order chi connectivity index (χ0) is 10.8. The number of rotatable bonds is 2. The number of carboxylic acid groups (broad SMARTS) is 1. The molecule has 0 saturated heterocycles. The van der Waals surface area contributed by atoms with Crippen LogP contribution in [0.4, 0.5) is 0 Å². The number of hydrogen-bond donors (Lipinski definition) is 1. The van der Waals surface area contributed by atoms with Crippen LogP contribution in [0.25, 0.3) is 0 Å². The van der Waals surface area contributed by atoms with Crippen molar-refractivity contribution in [1.29, 1.82) is 0 Å². The lowest BCUT2D eigenvalue weighted by atomic mass is 10.2. The molecule has 1 aliphatic carbocycles. The summed E-state index contributed by atoms with van der Waals surface area (Å²) in [5.41, 5.74) is -0.413. The molecule has 0 bridgehead atoms. The lowest BCUT2D eigenvalue weighted by Crippen LogP contribution is -2.30. The quantitative estimate of drug-likeness (QED) is 0.788. The summed E-state index contributed by atoms with van der Waals surface area (Å²) in [5.74, 6) is -1.07. The van der Waals surface area contributed by atoms with E-state index in [1.54, 1.807) is 0 Å². The van der Waals surface area contributed by atoms with Crippen molar-refractivity contribution in [2.24, 2.45) is 0 Å². The molecule has 0 radical (unpaired) electrons. The van der Waals surface area contributed by atoms with Gasteiger partial charge in [0.1, 0.15) is 5.69 Å². The second-order valence-corrected chi connectivity index (χ2v) is 3.73. The standard InChI is InChI=1S/C10H12N2O3/c13-9(14)8-5-6-11-10(15)12(8)7-3-1-2-4-7/h5-7H,1-4H2,(H,13,14). The Kier molecular flexibility index (Phi) is 2.53. The van der Waals surface area contributed by atoms with Crippen LogP contribution >= 0.6 is 0 Å². The first kappa shape index (κ1) is 9.89. The molecule has 0 amide bonds. The first-order valence-electron chi connectivity index (χ1n) is 5.01. The molecule has 0 spiro atoms. The Labute approximate surface area is 86.4 Å². The Balaban J connectivity index is 2.51. The number of nitrogens with zero attached hydrogens (tertiary/aromatic N) is 2. The molecule has 5 heteroatoms. The normalized spacial score (nSPS) is 16.8. The third-order valence-electron chi connectivity index (χ3n) is 2.79. The molecule has 1 aromatic rings. The van der Waals surface area contributed by atoms with E-state index < -0.39 is 11.7 Å². The average Bonchev–Trinajstić information content (AvgIpc) is 2.70. The fraction of sp³-hybridized carbons (Fsp3) is 0.500. The van der Waals surface area contributed by atoms with Gasteiger partial charge in [-0.05, 0) is 18.9 Å². The van der Waals surface area contributed by atoms with Gasteiger partial charge in [0, 0.05) is 12.2 Å². The van der Waals surface area contributed by atoms with Crippen LogP contribution in [0.2, 0.25) is 0 Å². The first-order chi connectivity index (χ1) is 7.20. The van der Waals surface area contributed by atoms with E-state index in [1.807, 2.05) is 0 Å². The molecule has 80 valence electrons. The van der Waals surface area contributed by atoms with Crippen molar-refractivity contribution in [3.8, 4) is 0 Å². The van der Waals surface area contributed by atoms with Gasteiger partial charge >= 0.3 is 11.7 Å². The summed E-state index contributed by atoms with van der Waals surface area (Å²) in [6.07, 6.45) is 5.07. The van der Waals surface area contributed by atoms with Crippen LogP contribution in [0.3, 0.4) is 0 Å². The van der Waals surface area contributed by atoms with Crippen LogP contribution in [-0.4, -0.2) is 20.6 Å². The summed E-state index contributed by atoms with van der Waals surface area (Å²) in [6, 6.07) is 1.39. The summed E-state index contributed by atoms with van der Waals surface area (Å²) in [6.45, 7) is 0. The van der Waals surface area contributed by atoms with E-state index in [0.29, 0.717) is 0 Å². The van der Waals surface area contributed by atoms with Crippen molar-refractivity contribution in [3.05, 3.63) is 28.4 Å². The lowest BCUT2D eigenvalue weighted by Gasteiger charge is -2.14. The van der Waals surface area contributed by atoms with E-state index in [2.05, 4.69) is 4.98 Å². The maximum Gasteiger partial charge on any atom is 0.352 e. The van der Waals surface area contributed by atoms with Crippen LogP contribution in [-0.2, 0) is 0 Å². The summed E-state index contributed by atoms with van der Waals surface area (Å²) in [4.78, 5) is 26.1. The molecule has 5 nitrogen and oxygen atoms in total. The van der Waals surface area contributed by atoms with Gasteiger partial charge < -0.3 is 5.11 Å². The molecule has 0 aromatic carbocycles. The number of carboxylic acids is 1. The Morgan fingerprint density at radius 3 is 2.73 bits per heavy atom. The summed E-state index contributed by atoms with van der Waals surface area (Å²) in [5, 5.41) is 8.96. The molecule has 1 aliphatic rings. The van der Waals surface area contributed by atoms with E-state index in [-0.39, 0.29) is 11.7 Å².